The molecule has 4 nitrogen and oxygen atoms in total. The SMILES string of the molecule is O=C(Nc1cccc2cccnc12)c1cccc2cc[nH]c12. The first-order chi connectivity index (χ1) is 10.8. The van der Waals surface area contributed by atoms with Crippen molar-refractivity contribution >= 4 is 33.4 Å². The van der Waals surface area contributed by atoms with E-state index >= 15 is 0 Å². The molecule has 0 radical (unpaired) electrons. The van der Waals surface area contributed by atoms with Crippen LogP contribution < -0.4 is 5.32 Å². The Labute approximate surface area is 126 Å². The Hall–Kier alpha value is -3.14. The summed E-state index contributed by atoms with van der Waals surface area (Å²) in [6.07, 6.45) is 3.56. The number of aromatic amines is 1. The van der Waals surface area contributed by atoms with Gasteiger partial charge in [0.2, 0.25) is 0 Å². The van der Waals surface area contributed by atoms with E-state index in [2.05, 4.69) is 15.3 Å². The Bertz CT molecular complexity index is 982. The zero-order valence-electron chi connectivity index (χ0n) is 11.7. The third-order valence-corrected chi connectivity index (χ3v) is 3.71. The van der Waals surface area contributed by atoms with Crippen LogP contribution >= 0.6 is 0 Å². The van der Waals surface area contributed by atoms with E-state index in [1.807, 2.05) is 60.8 Å². The number of hydrogen-bond donors (Lipinski definition) is 2. The van der Waals surface area contributed by atoms with Crippen LogP contribution in [0.3, 0.4) is 0 Å². The van der Waals surface area contributed by atoms with Gasteiger partial charge in [0.25, 0.3) is 5.91 Å². The van der Waals surface area contributed by atoms with Crippen LogP contribution in [-0.2, 0) is 0 Å². The summed E-state index contributed by atoms with van der Waals surface area (Å²) in [6, 6.07) is 17.2. The Morgan fingerprint density at radius 2 is 1.77 bits per heavy atom. The monoisotopic (exact) mass is 287 g/mol. The van der Waals surface area contributed by atoms with Gasteiger partial charge in [-0.05, 0) is 24.3 Å². The van der Waals surface area contributed by atoms with E-state index in [1.165, 1.54) is 0 Å². The highest BCUT2D eigenvalue weighted by molar-refractivity contribution is 6.14. The van der Waals surface area contributed by atoms with Crippen molar-refractivity contribution in [3.8, 4) is 0 Å². The molecule has 0 unspecified atom stereocenters. The lowest BCUT2D eigenvalue weighted by molar-refractivity contribution is 0.102. The van der Waals surface area contributed by atoms with Crippen LogP contribution in [0.15, 0.2) is 67.0 Å². The van der Waals surface area contributed by atoms with E-state index in [1.54, 1.807) is 6.20 Å². The number of carbonyl (C=O) groups excluding carboxylic acids is 1. The van der Waals surface area contributed by atoms with Gasteiger partial charge in [-0.25, -0.2) is 0 Å². The van der Waals surface area contributed by atoms with Gasteiger partial charge in [0.15, 0.2) is 0 Å². The van der Waals surface area contributed by atoms with Crippen LogP contribution in [0.1, 0.15) is 10.4 Å². The molecule has 0 bridgehead atoms. The van der Waals surface area contributed by atoms with Crippen LogP contribution in [0.25, 0.3) is 21.8 Å². The molecule has 0 spiro atoms. The molecule has 0 fully saturated rings. The number of anilines is 1. The lowest BCUT2D eigenvalue weighted by atomic mass is 10.1. The third kappa shape index (κ3) is 2.02. The third-order valence-electron chi connectivity index (χ3n) is 3.71. The summed E-state index contributed by atoms with van der Waals surface area (Å²) in [5, 5.41) is 4.98. The molecule has 2 aromatic carbocycles. The van der Waals surface area contributed by atoms with E-state index in [0.717, 1.165) is 21.8 Å². The maximum Gasteiger partial charge on any atom is 0.257 e. The van der Waals surface area contributed by atoms with Gasteiger partial charge >= 0.3 is 0 Å². The Morgan fingerprint density at radius 1 is 0.955 bits per heavy atom. The first-order valence-corrected chi connectivity index (χ1v) is 7.04. The van der Waals surface area contributed by atoms with E-state index in [4.69, 9.17) is 0 Å². The highest BCUT2D eigenvalue weighted by Gasteiger charge is 2.12. The molecular formula is C18H13N3O. The number of aromatic nitrogens is 2. The number of carbonyl (C=O) groups is 1. The van der Waals surface area contributed by atoms with E-state index in [0.29, 0.717) is 11.3 Å². The minimum absolute atomic E-state index is 0.147. The summed E-state index contributed by atoms with van der Waals surface area (Å²) in [6.45, 7) is 0. The number of benzene rings is 2. The van der Waals surface area contributed by atoms with Crippen molar-refractivity contribution in [1.29, 1.82) is 0 Å². The van der Waals surface area contributed by atoms with Crippen molar-refractivity contribution in [2.45, 2.75) is 0 Å². The standard InChI is InChI=1S/C18H13N3O/c22-18(14-7-1-4-13-9-11-20-16(13)14)21-15-8-2-5-12-6-3-10-19-17(12)15/h1-11,20H,(H,21,22). The number of rotatable bonds is 2. The first kappa shape index (κ1) is 12.6. The van der Waals surface area contributed by atoms with Gasteiger partial charge < -0.3 is 10.3 Å². The lowest BCUT2D eigenvalue weighted by Gasteiger charge is -2.08. The van der Waals surface area contributed by atoms with Crippen molar-refractivity contribution in [3.63, 3.8) is 0 Å². The van der Waals surface area contributed by atoms with Gasteiger partial charge in [-0.2, -0.15) is 0 Å². The number of fused-ring (bicyclic) bond motifs is 2. The number of para-hydroxylation sites is 2. The number of hydrogen-bond acceptors (Lipinski definition) is 2. The molecule has 0 saturated heterocycles. The normalized spacial score (nSPS) is 10.9. The van der Waals surface area contributed by atoms with Crippen molar-refractivity contribution in [2.75, 3.05) is 5.32 Å². The molecule has 1 amide bonds. The molecule has 0 atom stereocenters. The van der Waals surface area contributed by atoms with Crippen LogP contribution in [0.2, 0.25) is 0 Å². The summed E-state index contributed by atoms with van der Waals surface area (Å²) in [5.74, 6) is -0.147. The Balaban J connectivity index is 1.76. The Kier molecular flexibility index (Phi) is 2.86. The summed E-state index contributed by atoms with van der Waals surface area (Å²) in [7, 11) is 0. The fourth-order valence-electron chi connectivity index (χ4n) is 2.67. The fourth-order valence-corrected chi connectivity index (χ4v) is 2.67. The molecule has 2 aromatic heterocycles. The van der Waals surface area contributed by atoms with Crippen molar-refractivity contribution in [3.05, 3.63) is 72.6 Å². The van der Waals surface area contributed by atoms with E-state index in [-0.39, 0.29) is 5.91 Å². The van der Waals surface area contributed by atoms with Crippen LogP contribution in [-0.4, -0.2) is 15.9 Å². The molecule has 4 aromatic rings. The average Bonchev–Trinajstić information content (AvgIpc) is 3.03. The maximum atomic E-state index is 12.6. The molecule has 0 aliphatic carbocycles. The van der Waals surface area contributed by atoms with Gasteiger partial charge in [-0.1, -0.05) is 30.3 Å². The summed E-state index contributed by atoms with van der Waals surface area (Å²) in [4.78, 5) is 20.1. The van der Waals surface area contributed by atoms with Gasteiger partial charge in [0.05, 0.1) is 22.3 Å². The second-order valence-corrected chi connectivity index (χ2v) is 5.08. The number of nitrogens with one attached hydrogen (secondary N) is 2. The topological polar surface area (TPSA) is 57.8 Å². The largest absolute Gasteiger partial charge is 0.361 e. The van der Waals surface area contributed by atoms with Crippen molar-refractivity contribution < 1.29 is 4.79 Å². The van der Waals surface area contributed by atoms with Gasteiger partial charge in [-0.15, -0.1) is 0 Å². The quantitative estimate of drug-likeness (QED) is 0.586. The first-order valence-electron chi connectivity index (χ1n) is 7.04. The maximum absolute atomic E-state index is 12.6. The van der Waals surface area contributed by atoms with Crippen LogP contribution in [0.5, 0.6) is 0 Å². The minimum atomic E-state index is -0.147. The highest BCUT2D eigenvalue weighted by atomic mass is 16.1. The molecule has 106 valence electrons. The lowest BCUT2D eigenvalue weighted by Crippen LogP contribution is -2.12. The molecule has 0 saturated carbocycles. The summed E-state index contributed by atoms with van der Waals surface area (Å²) in [5.41, 5.74) is 2.97. The molecule has 2 N–H and O–H groups in total. The van der Waals surface area contributed by atoms with Crippen LogP contribution in [0.4, 0.5) is 5.69 Å². The van der Waals surface area contributed by atoms with E-state index in [9.17, 15) is 4.79 Å². The smallest absolute Gasteiger partial charge is 0.257 e. The van der Waals surface area contributed by atoms with Gasteiger partial charge in [-0.3, -0.25) is 9.78 Å². The fraction of sp³-hybridized carbons (Fsp3) is 0. The van der Waals surface area contributed by atoms with Crippen molar-refractivity contribution in [1.82, 2.24) is 9.97 Å². The molecule has 4 rings (SSSR count). The predicted octanol–water partition coefficient (Wildman–Crippen LogP) is 3.97. The summed E-state index contributed by atoms with van der Waals surface area (Å²) < 4.78 is 0. The second kappa shape index (κ2) is 5.00. The molecule has 0 aliphatic heterocycles. The van der Waals surface area contributed by atoms with Crippen LogP contribution in [0, 0.1) is 0 Å². The molecule has 4 heteroatoms. The molecule has 22 heavy (non-hydrogen) atoms. The van der Waals surface area contributed by atoms with Gasteiger partial charge in [0.1, 0.15) is 0 Å². The number of nitrogens with zero attached hydrogens (tertiary/aromatic N) is 1. The zero-order valence-corrected chi connectivity index (χ0v) is 11.7. The number of H-pyrrole nitrogens is 1. The molecule has 2 heterocycles. The number of pyridine rings is 1. The van der Waals surface area contributed by atoms with Crippen molar-refractivity contribution in [2.24, 2.45) is 0 Å². The van der Waals surface area contributed by atoms with E-state index < -0.39 is 0 Å². The number of amides is 1. The summed E-state index contributed by atoms with van der Waals surface area (Å²) >= 11 is 0. The predicted molar refractivity (Wildman–Crippen MR) is 88.0 cm³/mol. The Morgan fingerprint density at radius 3 is 2.73 bits per heavy atom. The highest BCUT2D eigenvalue weighted by Crippen LogP contribution is 2.23. The van der Waals surface area contributed by atoms with Gasteiger partial charge in [0, 0.05) is 23.2 Å². The average molecular weight is 287 g/mol. The molecular weight excluding hydrogens is 274 g/mol. The zero-order chi connectivity index (χ0) is 14.9. The second-order valence-electron chi connectivity index (χ2n) is 5.08. The minimum Gasteiger partial charge on any atom is -0.361 e. The molecule has 0 aliphatic rings.